The van der Waals surface area contributed by atoms with Gasteiger partial charge in [-0.15, -0.1) is 0 Å². The van der Waals surface area contributed by atoms with Gasteiger partial charge in [-0.2, -0.15) is 0 Å². The summed E-state index contributed by atoms with van der Waals surface area (Å²) < 4.78 is 5.25. The van der Waals surface area contributed by atoms with Crippen molar-refractivity contribution in [1.82, 2.24) is 0 Å². The van der Waals surface area contributed by atoms with Gasteiger partial charge in [-0.05, 0) is 24.2 Å². The van der Waals surface area contributed by atoms with E-state index in [-0.39, 0.29) is 17.3 Å². The number of rotatable bonds is 2. The Labute approximate surface area is 85.5 Å². The van der Waals surface area contributed by atoms with Crippen molar-refractivity contribution in [2.24, 2.45) is 17.3 Å². The maximum atomic E-state index is 11.2. The first-order valence-electron chi connectivity index (χ1n) is 5.23. The quantitative estimate of drug-likeness (QED) is 0.743. The Morgan fingerprint density at radius 2 is 1.86 bits per heavy atom. The zero-order valence-corrected chi connectivity index (χ0v) is 9.25. The van der Waals surface area contributed by atoms with Gasteiger partial charge in [-0.1, -0.05) is 20.8 Å². The first-order chi connectivity index (χ1) is 6.43. The molecule has 0 bridgehead atoms. The van der Waals surface area contributed by atoms with Gasteiger partial charge in [0.1, 0.15) is 0 Å². The number of hydrogen-bond acceptors (Lipinski definition) is 2. The molecule has 14 heavy (non-hydrogen) atoms. The van der Waals surface area contributed by atoms with Crippen LogP contribution < -0.4 is 0 Å². The average Bonchev–Trinajstić information content (AvgIpc) is 2.02. The average molecular weight is 200 g/mol. The minimum absolute atomic E-state index is 0.159. The third kappa shape index (κ3) is 2.71. The van der Waals surface area contributed by atoms with Gasteiger partial charge >= 0.3 is 5.97 Å². The standard InChI is InChI=1S/C11H20O3/c1-11(2,3)9(10(12)13)8-4-6-14-7-5-8/h8-9H,4-7H2,1-3H3,(H,12,13). The lowest BCUT2D eigenvalue weighted by Crippen LogP contribution is -2.37. The van der Waals surface area contributed by atoms with Crippen LogP contribution in [0.15, 0.2) is 0 Å². The Balaban J connectivity index is 2.71. The molecule has 82 valence electrons. The minimum atomic E-state index is -0.663. The van der Waals surface area contributed by atoms with E-state index in [1.165, 1.54) is 0 Å². The molecule has 1 N–H and O–H groups in total. The molecule has 0 spiro atoms. The summed E-state index contributed by atoms with van der Waals surface area (Å²) in [7, 11) is 0. The molecule has 1 rings (SSSR count). The summed E-state index contributed by atoms with van der Waals surface area (Å²) in [6, 6.07) is 0. The van der Waals surface area contributed by atoms with Crippen LogP contribution in [-0.4, -0.2) is 24.3 Å². The van der Waals surface area contributed by atoms with Crippen molar-refractivity contribution in [3.8, 4) is 0 Å². The fourth-order valence-corrected chi connectivity index (χ4v) is 2.33. The van der Waals surface area contributed by atoms with Gasteiger partial charge in [-0.25, -0.2) is 0 Å². The highest BCUT2D eigenvalue weighted by Gasteiger charge is 2.38. The van der Waals surface area contributed by atoms with Gasteiger partial charge in [0.25, 0.3) is 0 Å². The molecule has 1 aliphatic rings. The molecule has 1 saturated heterocycles. The number of carbonyl (C=O) groups is 1. The molecule has 1 unspecified atom stereocenters. The van der Waals surface area contributed by atoms with Crippen molar-refractivity contribution in [3.05, 3.63) is 0 Å². The summed E-state index contributed by atoms with van der Waals surface area (Å²) >= 11 is 0. The smallest absolute Gasteiger partial charge is 0.307 e. The predicted octanol–water partition coefficient (Wildman–Crippen LogP) is 2.16. The third-order valence-electron chi connectivity index (χ3n) is 2.94. The van der Waals surface area contributed by atoms with E-state index in [2.05, 4.69) is 0 Å². The van der Waals surface area contributed by atoms with E-state index in [0.717, 1.165) is 12.8 Å². The van der Waals surface area contributed by atoms with Crippen molar-refractivity contribution in [2.75, 3.05) is 13.2 Å². The van der Waals surface area contributed by atoms with Crippen molar-refractivity contribution in [3.63, 3.8) is 0 Å². The molecule has 1 heterocycles. The number of ether oxygens (including phenoxy) is 1. The molecule has 0 aromatic carbocycles. The molecule has 1 aliphatic heterocycles. The molecule has 3 heteroatoms. The first kappa shape index (κ1) is 11.5. The van der Waals surface area contributed by atoms with E-state index < -0.39 is 5.97 Å². The molecule has 0 aromatic heterocycles. The Morgan fingerprint density at radius 3 is 2.21 bits per heavy atom. The lowest BCUT2D eigenvalue weighted by Gasteiger charge is -2.35. The van der Waals surface area contributed by atoms with Crippen LogP contribution >= 0.6 is 0 Å². The van der Waals surface area contributed by atoms with Crippen LogP contribution in [0.3, 0.4) is 0 Å². The summed E-state index contributed by atoms with van der Waals surface area (Å²) in [5.74, 6) is -0.628. The lowest BCUT2D eigenvalue weighted by molar-refractivity contribution is -0.150. The minimum Gasteiger partial charge on any atom is -0.481 e. The molecular weight excluding hydrogens is 180 g/mol. The van der Waals surface area contributed by atoms with Gasteiger partial charge in [0.15, 0.2) is 0 Å². The maximum Gasteiger partial charge on any atom is 0.307 e. The van der Waals surface area contributed by atoms with Crippen LogP contribution in [0.4, 0.5) is 0 Å². The van der Waals surface area contributed by atoms with E-state index >= 15 is 0 Å². The van der Waals surface area contributed by atoms with Gasteiger partial charge < -0.3 is 9.84 Å². The van der Waals surface area contributed by atoms with Gasteiger partial charge in [0.2, 0.25) is 0 Å². The summed E-state index contributed by atoms with van der Waals surface area (Å²) in [6.07, 6.45) is 1.77. The summed E-state index contributed by atoms with van der Waals surface area (Å²) in [6.45, 7) is 7.43. The molecule has 0 aliphatic carbocycles. The molecule has 0 saturated carbocycles. The summed E-state index contributed by atoms with van der Waals surface area (Å²) in [5.41, 5.74) is -0.159. The Hall–Kier alpha value is -0.570. The highest BCUT2D eigenvalue weighted by Crippen LogP contribution is 2.37. The second-order valence-corrected chi connectivity index (χ2v) is 5.13. The van der Waals surface area contributed by atoms with Crippen LogP contribution in [0.5, 0.6) is 0 Å². The van der Waals surface area contributed by atoms with Crippen LogP contribution in [0, 0.1) is 17.3 Å². The molecule has 3 nitrogen and oxygen atoms in total. The van der Waals surface area contributed by atoms with E-state index in [0.29, 0.717) is 13.2 Å². The molecule has 0 amide bonds. The molecule has 1 fully saturated rings. The topological polar surface area (TPSA) is 46.5 Å². The molecule has 1 atom stereocenters. The number of aliphatic carboxylic acids is 1. The fourth-order valence-electron chi connectivity index (χ4n) is 2.33. The second-order valence-electron chi connectivity index (χ2n) is 5.13. The van der Waals surface area contributed by atoms with Crippen molar-refractivity contribution < 1.29 is 14.6 Å². The molecule has 0 radical (unpaired) electrons. The zero-order chi connectivity index (χ0) is 10.8. The Bertz CT molecular complexity index is 199. The third-order valence-corrected chi connectivity index (χ3v) is 2.94. The van der Waals surface area contributed by atoms with Gasteiger partial charge in [-0.3, -0.25) is 4.79 Å². The van der Waals surface area contributed by atoms with E-state index in [1.807, 2.05) is 20.8 Å². The molecule has 0 aromatic rings. The Kier molecular flexibility index (Phi) is 3.53. The van der Waals surface area contributed by atoms with Crippen LogP contribution in [0.25, 0.3) is 0 Å². The lowest BCUT2D eigenvalue weighted by atomic mass is 9.70. The van der Waals surface area contributed by atoms with Gasteiger partial charge in [0, 0.05) is 13.2 Å². The van der Waals surface area contributed by atoms with Crippen LogP contribution in [0.1, 0.15) is 33.6 Å². The summed E-state index contributed by atoms with van der Waals surface area (Å²) in [5, 5.41) is 9.22. The second kappa shape index (κ2) is 4.30. The van der Waals surface area contributed by atoms with E-state index in [9.17, 15) is 9.90 Å². The first-order valence-corrected chi connectivity index (χ1v) is 5.23. The maximum absolute atomic E-state index is 11.2. The predicted molar refractivity (Wildman–Crippen MR) is 54.1 cm³/mol. The summed E-state index contributed by atoms with van der Waals surface area (Å²) in [4.78, 5) is 11.2. The fraction of sp³-hybridized carbons (Fsp3) is 0.909. The number of carboxylic acids is 1. The van der Waals surface area contributed by atoms with E-state index in [1.54, 1.807) is 0 Å². The van der Waals surface area contributed by atoms with Gasteiger partial charge in [0.05, 0.1) is 5.92 Å². The largest absolute Gasteiger partial charge is 0.481 e. The Morgan fingerprint density at radius 1 is 1.36 bits per heavy atom. The number of hydrogen-bond donors (Lipinski definition) is 1. The van der Waals surface area contributed by atoms with Crippen molar-refractivity contribution >= 4 is 5.97 Å². The zero-order valence-electron chi connectivity index (χ0n) is 9.25. The van der Waals surface area contributed by atoms with E-state index in [4.69, 9.17) is 4.74 Å². The SMILES string of the molecule is CC(C)(C)C(C(=O)O)C1CCOCC1. The monoisotopic (exact) mass is 200 g/mol. The van der Waals surface area contributed by atoms with Crippen LogP contribution in [-0.2, 0) is 9.53 Å². The highest BCUT2D eigenvalue weighted by molar-refractivity contribution is 5.71. The van der Waals surface area contributed by atoms with Crippen molar-refractivity contribution in [2.45, 2.75) is 33.6 Å². The molecular formula is C11H20O3. The number of carboxylic acid groups (broad SMARTS) is 1. The van der Waals surface area contributed by atoms with Crippen LogP contribution in [0.2, 0.25) is 0 Å². The van der Waals surface area contributed by atoms with Crippen molar-refractivity contribution in [1.29, 1.82) is 0 Å². The normalized spacial score (nSPS) is 21.9. The highest BCUT2D eigenvalue weighted by atomic mass is 16.5.